The Labute approximate surface area is 77.0 Å². The van der Waals surface area contributed by atoms with E-state index in [0.717, 1.165) is 0 Å². The molecule has 0 saturated carbocycles. The number of nitrogens with zero attached hydrogens (tertiary/aromatic N) is 1. The van der Waals surface area contributed by atoms with Gasteiger partial charge in [0, 0.05) is 5.92 Å². The minimum Gasteiger partial charge on any atom is -0.364 e. The number of carbonyl (C=O) groups excluding carboxylic acids is 1. The summed E-state index contributed by atoms with van der Waals surface area (Å²) in [6.45, 7) is 3.47. The number of ketones is 1. The molecular formula is C10H11NO2. The van der Waals surface area contributed by atoms with Crippen molar-refractivity contribution in [2.45, 2.75) is 26.1 Å². The van der Waals surface area contributed by atoms with E-state index in [1.807, 2.05) is 19.1 Å². The molecule has 0 N–H and O–H groups in total. The molecule has 0 aromatic carbocycles. The van der Waals surface area contributed by atoms with Gasteiger partial charge in [-0.15, -0.1) is 0 Å². The zero-order chi connectivity index (χ0) is 9.64. The summed E-state index contributed by atoms with van der Waals surface area (Å²) in [6, 6.07) is 2.06. The molecule has 2 aliphatic heterocycles. The van der Waals surface area contributed by atoms with Gasteiger partial charge in [0.25, 0.3) is 0 Å². The molecule has 2 bridgehead atoms. The maximum atomic E-state index is 11.8. The number of Topliss-reactive ketones (excluding diaryl/α,β-unsaturated/α-hetero) is 1. The Morgan fingerprint density at radius 1 is 1.62 bits per heavy atom. The van der Waals surface area contributed by atoms with Crippen molar-refractivity contribution in [1.29, 1.82) is 5.26 Å². The van der Waals surface area contributed by atoms with E-state index in [9.17, 15) is 4.79 Å². The molecule has 0 aliphatic carbocycles. The van der Waals surface area contributed by atoms with E-state index in [4.69, 9.17) is 10.00 Å². The van der Waals surface area contributed by atoms with E-state index in [-0.39, 0.29) is 23.9 Å². The fraction of sp³-hybridized carbons (Fsp3) is 0.600. The molecule has 3 nitrogen and oxygen atoms in total. The Morgan fingerprint density at radius 2 is 2.31 bits per heavy atom. The highest BCUT2D eigenvalue weighted by Gasteiger charge is 2.52. The van der Waals surface area contributed by atoms with Gasteiger partial charge in [-0.1, -0.05) is 19.1 Å². The maximum Gasteiger partial charge on any atom is 0.161 e. The van der Waals surface area contributed by atoms with E-state index in [1.54, 1.807) is 6.92 Å². The molecule has 13 heavy (non-hydrogen) atoms. The fourth-order valence-electron chi connectivity index (χ4n) is 1.96. The average molecular weight is 177 g/mol. The lowest BCUT2D eigenvalue weighted by molar-refractivity contribution is -0.149. The van der Waals surface area contributed by atoms with Gasteiger partial charge in [0.15, 0.2) is 5.78 Å². The Kier molecular flexibility index (Phi) is 1.58. The topological polar surface area (TPSA) is 50.1 Å². The minimum absolute atomic E-state index is 0.00116. The second kappa shape index (κ2) is 2.43. The van der Waals surface area contributed by atoms with Gasteiger partial charge >= 0.3 is 0 Å². The van der Waals surface area contributed by atoms with Crippen molar-refractivity contribution in [3.63, 3.8) is 0 Å². The predicted octanol–water partition coefficient (Wildman–Crippen LogP) is 1.06. The number of nitriles is 1. The standard InChI is InChI=1S/C10H11NO2/c1-6-7-3-4-8(13-7)10(2,5-11)9(6)12/h3-4,6-8H,1-2H3/t6-,7+,8-,10+/m0/s1. The lowest BCUT2D eigenvalue weighted by atomic mass is 9.75. The molecule has 0 aromatic heterocycles. The zero-order valence-electron chi connectivity index (χ0n) is 7.65. The first kappa shape index (κ1) is 8.46. The van der Waals surface area contributed by atoms with Gasteiger partial charge in [-0.2, -0.15) is 5.26 Å². The van der Waals surface area contributed by atoms with Crippen LogP contribution in [0, 0.1) is 22.7 Å². The molecule has 0 aromatic rings. The van der Waals surface area contributed by atoms with Crippen LogP contribution in [-0.4, -0.2) is 18.0 Å². The first-order chi connectivity index (χ1) is 6.09. The van der Waals surface area contributed by atoms with E-state index in [2.05, 4.69) is 6.07 Å². The van der Waals surface area contributed by atoms with Crippen LogP contribution < -0.4 is 0 Å². The van der Waals surface area contributed by atoms with Crippen molar-refractivity contribution < 1.29 is 9.53 Å². The summed E-state index contributed by atoms with van der Waals surface area (Å²) in [7, 11) is 0. The number of carbonyl (C=O) groups is 1. The van der Waals surface area contributed by atoms with Crippen LogP contribution in [0.3, 0.4) is 0 Å². The quantitative estimate of drug-likeness (QED) is 0.520. The Hall–Kier alpha value is -1.14. The SMILES string of the molecule is C[C@@H]1C(=O)[C@](C)(C#N)[C@@H]2C=C[C@H]1O2. The van der Waals surface area contributed by atoms with Crippen LogP contribution in [0.2, 0.25) is 0 Å². The van der Waals surface area contributed by atoms with Crippen LogP contribution in [0.4, 0.5) is 0 Å². The van der Waals surface area contributed by atoms with Gasteiger partial charge in [-0.3, -0.25) is 4.79 Å². The average Bonchev–Trinajstić information content (AvgIpc) is 2.59. The third kappa shape index (κ3) is 0.895. The molecule has 0 spiro atoms. The largest absolute Gasteiger partial charge is 0.364 e. The molecule has 0 unspecified atom stereocenters. The highest BCUT2D eigenvalue weighted by Crippen LogP contribution is 2.40. The minimum atomic E-state index is -0.983. The van der Waals surface area contributed by atoms with E-state index >= 15 is 0 Å². The van der Waals surface area contributed by atoms with Gasteiger partial charge in [0.05, 0.1) is 12.2 Å². The number of hydrogen-bond acceptors (Lipinski definition) is 3. The highest BCUT2D eigenvalue weighted by atomic mass is 16.5. The summed E-state index contributed by atoms with van der Waals surface area (Å²) in [4.78, 5) is 11.8. The first-order valence-corrected chi connectivity index (χ1v) is 4.39. The van der Waals surface area contributed by atoms with Gasteiger partial charge < -0.3 is 4.74 Å². The lowest BCUT2D eigenvalue weighted by Crippen LogP contribution is -2.49. The van der Waals surface area contributed by atoms with E-state index in [1.165, 1.54) is 0 Å². The number of rotatable bonds is 0. The van der Waals surface area contributed by atoms with Crippen molar-refractivity contribution in [1.82, 2.24) is 0 Å². The molecule has 0 radical (unpaired) electrons. The Bertz CT molecular complexity index is 328. The highest BCUT2D eigenvalue weighted by molar-refractivity contribution is 5.91. The van der Waals surface area contributed by atoms with Gasteiger partial charge in [0.2, 0.25) is 0 Å². The number of hydrogen-bond donors (Lipinski definition) is 0. The summed E-state index contributed by atoms with van der Waals surface area (Å²) in [6.07, 6.45) is 3.26. The van der Waals surface area contributed by atoms with Crippen molar-refractivity contribution in [3.8, 4) is 6.07 Å². The predicted molar refractivity (Wildman–Crippen MR) is 45.7 cm³/mol. The molecular weight excluding hydrogens is 166 g/mol. The van der Waals surface area contributed by atoms with Crippen molar-refractivity contribution in [3.05, 3.63) is 12.2 Å². The van der Waals surface area contributed by atoms with Crippen LogP contribution in [0.15, 0.2) is 12.2 Å². The van der Waals surface area contributed by atoms with Crippen LogP contribution in [0.25, 0.3) is 0 Å². The van der Waals surface area contributed by atoms with E-state index in [0.29, 0.717) is 0 Å². The summed E-state index contributed by atoms with van der Waals surface area (Å²) in [5.74, 6) is -0.194. The molecule has 2 rings (SSSR count). The lowest BCUT2D eigenvalue weighted by Gasteiger charge is -2.35. The van der Waals surface area contributed by atoms with Crippen molar-refractivity contribution in [2.24, 2.45) is 11.3 Å². The third-order valence-corrected chi connectivity index (χ3v) is 3.00. The van der Waals surface area contributed by atoms with Crippen molar-refractivity contribution in [2.75, 3.05) is 0 Å². The van der Waals surface area contributed by atoms with Gasteiger partial charge in [-0.25, -0.2) is 0 Å². The third-order valence-electron chi connectivity index (χ3n) is 3.00. The first-order valence-electron chi connectivity index (χ1n) is 4.39. The molecule has 2 aliphatic rings. The normalized spacial score (nSPS) is 47.8. The number of fused-ring (bicyclic) bond motifs is 2. The summed E-state index contributed by atoms with van der Waals surface area (Å²) in [5.41, 5.74) is -0.983. The van der Waals surface area contributed by atoms with E-state index < -0.39 is 5.41 Å². The second-order valence-electron chi connectivity index (χ2n) is 3.87. The number of ether oxygens (including phenoxy) is 1. The van der Waals surface area contributed by atoms with Crippen LogP contribution in [0.1, 0.15) is 13.8 Å². The van der Waals surface area contributed by atoms with Crippen LogP contribution in [0.5, 0.6) is 0 Å². The molecule has 4 atom stereocenters. The van der Waals surface area contributed by atoms with Crippen molar-refractivity contribution >= 4 is 5.78 Å². The fourth-order valence-corrected chi connectivity index (χ4v) is 1.96. The smallest absolute Gasteiger partial charge is 0.161 e. The molecule has 68 valence electrons. The van der Waals surface area contributed by atoms with Gasteiger partial charge in [-0.05, 0) is 6.92 Å². The molecule has 0 amide bonds. The molecule has 1 saturated heterocycles. The van der Waals surface area contributed by atoms with Gasteiger partial charge in [0.1, 0.15) is 11.5 Å². The van der Waals surface area contributed by atoms with Crippen LogP contribution in [-0.2, 0) is 9.53 Å². The maximum absolute atomic E-state index is 11.8. The molecule has 2 heterocycles. The summed E-state index contributed by atoms with van der Waals surface area (Å²) >= 11 is 0. The molecule has 3 heteroatoms. The van der Waals surface area contributed by atoms with Crippen LogP contribution >= 0.6 is 0 Å². The monoisotopic (exact) mass is 177 g/mol. The second-order valence-corrected chi connectivity index (χ2v) is 3.87. The Morgan fingerprint density at radius 3 is 2.92 bits per heavy atom. The zero-order valence-corrected chi connectivity index (χ0v) is 7.65. The summed E-state index contributed by atoms with van der Waals surface area (Å²) in [5, 5.41) is 8.97. The summed E-state index contributed by atoms with van der Waals surface area (Å²) < 4.78 is 5.53. The molecule has 1 fully saturated rings. The Balaban J connectivity index is 2.45.